The first-order valence-corrected chi connectivity index (χ1v) is 12.9. The molecule has 3 N–H and O–H groups in total. The quantitative estimate of drug-likeness (QED) is 0.548. The number of nitrogens with one attached hydrogen (secondary N) is 1. The molecule has 0 saturated carbocycles. The summed E-state index contributed by atoms with van der Waals surface area (Å²) in [6, 6.07) is 17.0. The van der Waals surface area contributed by atoms with Crippen molar-refractivity contribution in [2.45, 2.75) is 24.7 Å². The van der Waals surface area contributed by atoms with Gasteiger partial charge in [0.05, 0.1) is 10.5 Å². The van der Waals surface area contributed by atoms with Crippen LogP contribution in [0.3, 0.4) is 0 Å². The summed E-state index contributed by atoms with van der Waals surface area (Å²) in [5.74, 6) is -0.764. The third kappa shape index (κ3) is 5.00. The summed E-state index contributed by atoms with van der Waals surface area (Å²) in [5.41, 5.74) is 6.93. The van der Waals surface area contributed by atoms with Crippen molar-refractivity contribution < 1.29 is 18.0 Å². The molecule has 0 bridgehead atoms. The van der Waals surface area contributed by atoms with E-state index in [1.54, 1.807) is 6.07 Å². The molecule has 0 radical (unpaired) electrons. The summed E-state index contributed by atoms with van der Waals surface area (Å²) < 4.78 is 27.4. The number of nitrogens with zero attached hydrogens (tertiary/aromatic N) is 1. The molecule has 3 aromatic rings. The predicted octanol–water partition coefficient (Wildman–Crippen LogP) is 4.19. The zero-order chi connectivity index (χ0) is 23.6. The second-order valence-electron chi connectivity index (χ2n) is 8.17. The van der Waals surface area contributed by atoms with E-state index in [1.807, 2.05) is 37.3 Å². The van der Waals surface area contributed by atoms with Gasteiger partial charge in [0, 0.05) is 23.5 Å². The van der Waals surface area contributed by atoms with E-state index < -0.39 is 21.8 Å². The maximum Gasteiger partial charge on any atom is 0.256 e. The van der Waals surface area contributed by atoms with Crippen LogP contribution in [0, 0.1) is 5.92 Å². The maximum atomic E-state index is 12.9. The van der Waals surface area contributed by atoms with Crippen LogP contribution in [0.15, 0.2) is 65.6 Å². The normalized spacial score (nSPS) is 16.9. The van der Waals surface area contributed by atoms with Gasteiger partial charge in [-0.1, -0.05) is 37.3 Å². The van der Waals surface area contributed by atoms with Gasteiger partial charge in [0.15, 0.2) is 0 Å². The van der Waals surface area contributed by atoms with Crippen molar-refractivity contribution in [1.82, 2.24) is 4.31 Å². The van der Waals surface area contributed by atoms with Crippen molar-refractivity contribution in [2.24, 2.45) is 11.7 Å². The minimum Gasteiger partial charge on any atom is -0.366 e. The number of hydrogen-bond donors (Lipinski definition) is 2. The fourth-order valence-corrected chi connectivity index (χ4v) is 6.54. The third-order valence-electron chi connectivity index (χ3n) is 5.66. The molecule has 1 saturated heterocycles. The fraction of sp³-hybridized carbons (Fsp3) is 0.250. The summed E-state index contributed by atoms with van der Waals surface area (Å²) >= 11 is 1.25. The predicted molar refractivity (Wildman–Crippen MR) is 130 cm³/mol. The first kappa shape index (κ1) is 23.2. The van der Waals surface area contributed by atoms with Gasteiger partial charge >= 0.3 is 0 Å². The SMILES string of the molecule is CC1CCCN(S(=O)(=O)c2ccc(C(=O)Nc3sc(-c4ccccc4)cc3C(N)=O)cc2)C1. The van der Waals surface area contributed by atoms with Crippen LogP contribution >= 0.6 is 11.3 Å². The number of amides is 2. The lowest BCUT2D eigenvalue weighted by molar-refractivity contribution is 0.100. The summed E-state index contributed by atoms with van der Waals surface area (Å²) in [7, 11) is -3.60. The average Bonchev–Trinajstić information content (AvgIpc) is 3.24. The third-order valence-corrected chi connectivity index (χ3v) is 8.64. The Bertz CT molecular complexity index is 1270. The second kappa shape index (κ2) is 9.46. The van der Waals surface area contributed by atoms with Gasteiger partial charge in [0.1, 0.15) is 5.00 Å². The fourth-order valence-electron chi connectivity index (χ4n) is 3.88. The molecule has 1 aromatic heterocycles. The number of primary amides is 1. The number of rotatable bonds is 6. The van der Waals surface area contributed by atoms with E-state index in [2.05, 4.69) is 5.32 Å². The van der Waals surface area contributed by atoms with E-state index in [0.717, 1.165) is 23.3 Å². The lowest BCUT2D eigenvalue weighted by atomic mass is 10.0. The molecule has 7 nitrogen and oxygen atoms in total. The van der Waals surface area contributed by atoms with E-state index in [0.29, 0.717) is 24.0 Å². The molecular formula is C24H25N3O4S2. The Morgan fingerprint density at radius 2 is 1.79 bits per heavy atom. The van der Waals surface area contributed by atoms with Crippen LogP contribution in [-0.2, 0) is 10.0 Å². The molecule has 1 fully saturated rings. The summed E-state index contributed by atoms with van der Waals surface area (Å²) in [6.07, 6.45) is 1.86. The molecule has 33 heavy (non-hydrogen) atoms. The zero-order valence-corrected chi connectivity index (χ0v) is 19.8. The van der Waals surface area contributed by atoms with Crippen molar-refractivity contribution in [3.63, 3.8) is 0 Å². The maximum absolute atomic E-state index is 12.9. The molecule has 2 heterocycles. The number of carbonyl (C=O) groups is 2. The Kier molecular flexibility index (Phi) is 6.64. The first-order chi connectivity index (χ1) is 15.8. The molecule has 2 amide bonds. The van der Waals surface area contributed by atoms with Crippen molar-refractivity contribution in [3.05, 3.63) is 71.8 Å². The van der Waals surface area contributed by atoms with Crippen LogP contribution < -0.4 is 11.1 Å². The molecule has 1 unspecified atom stereocenters. The van der Waals surface area contributed by atoms with Crippen LogP contribution in [0.25, 0.3) is 10.4 Å². The highest BCUT2D eigenvalue weighted by Gasteiger charge is 2.28. The molecule has 9 heteroatoms. The first-order valence-electron chi connectivity index (χ1n) is 10.7. The number of piperidine rings is 1. The Balaban J connectivity index is 1.54. The largest absolute Gasteiger partial charge is 0.366 e. The van der Waals surface area contributed by atoms with Crippen molar-refractivity contribution in [1.29, 1.82) is 0 Å². The van der Waals surface area contributed by atoms with Crippen LogP contribution in [0.1, 0.15) is 40.5 Å². The number of nitrogens with two attached hydrogens (primary N) is 1. The Morgan fingerprint density at radius 3 is 2.42 bits per heavy atom. The standard InChI is InChI=1S/C24H25N3O4S2/c1-16-6-5-13-27(15-16)33(30,31)19-11-9-18(10-12-19)23(29)26-24-20(22(25)28)14-21(32-24)17-7-3-2-4-8-17/h2-4,7-12,14,16H,5-6,13,15H2,1H3,(H2,25,28)(H,26,29). The van der Waals surface area contributed by atoms with E-state index in [-0.39, 0.29) is 16.0 Å². The van der Waals surface area contributed by atoms with Gasteiger partial charge in [-0.3, -0.25) is 9.59 Å². The molecule has 2 aromatic carbocycles. The lowest BCUT2D eigenvalue weighted by Gasteiger charge is -2.30. The number of thiophene rings is 1. The highest BCUT2D eigenvalue weighted by molar-refractivity contribution is 7.89. The van der Waals surface area contributed by atoms with E-state index in [4.69, 9.17) is 5.73 Å². The van der Waals surface area contributed by atoms with Gasteiger partial charge < -0.3 is 11.1 Å². The lowest BCUT2D eigenvalue weighted by Crippen LogP contribution is -2.39. The molecule has 4 rings (SSSR count). The molecular weight excluding hydrogens is 458 g/mol. The number of hydrogen-bond acceptors (Lipinski definition) is 5. The Labute approximate surface area is 197 Å². The summed E-state index contributed by atoms with van der Waals surface area (Å²) in [6.45, 7) is 3.05. The summed E-state index contributed by atoms with van der Waals surface area (Å²) in [5, 5.41) is 3.10. The molecule has 1 aliphatic heterocycles. The minimum atomic E-state index is -3.60. The smallest absolute Gasteiger partial charge is 0.256 e. The molecule has 0 aliphatic carbocycles. The molecule has 1 atom stereocenters. The highest BCUT2D eigenvalue weighted by Crippen LogP contribution is 2.35. The van der Waals surface area contributed by atoms with Gasteiger partial charge in [-0.15, -0.1) is 11.3 Å². The minimum absolute atomic E-state index is 0.161. The van der Waals surface area contributed by atoms with Gasteiger partial charge in [-0.25, -0.2) is 8.42 Å². The van der Waals surface area contributed by atoms with Crippen molar-refractivity contribution in [3.8, 4) is 10.4 Å². The Morgan fingerprint density at radius 1 is 1.09 bits per heavy atom. The van der Waals surface area contributed by atoms with Crippen molar-refractivity contribution >= 4 is 38.2 Å². The topological polar surface area (TPSA) is 110 Å². The van der Waals surface area contributed by atoms with Gasteiger partial charge in [-0.2, -0.15) is 4.31 Å². The number of carbonyl (C=O) groups excluding carboxylic acids is 2. The second-order valence-corrected chi connectivity index (χ2v) is 11.2. The molecule has 0 spiro atoms. The molecule has 1 aliphatic rings. The van der Waals surface area contributed by atoms with Crippen LogP contribution in [0.4, 0.5) is 5.00 Å². The van der Waals surface area contributed by atoms with Gasteiger partial charge in [0.25, 0.3) is 11.8 Å². The van der Waals surface area contributed by atoms with Crippen LogP contribution in [-0.4, -0.2) is 37.6 Å². The average molecular weight is 484 g/mol. The van der Waals surface area contributed by atoms with E-state index >= 15 is 0 Å². The van der Waals surface area contributed by atoms with E-state index in [9.17, 15) is 18.0 Å². The number of benzene rings is 2. The molecule has 172 valence electrons. The van der Waals surface area contributed by atoms with Crippen LogP contribution in [0.5, 0.6) is 0 Å². The zero-order valence-electron chi connectivity index (χ0n) is 18.2. The highest BCUT2D eigenvalue weighted by atomic mass is 32.2. The van der Waals surface area contributed by atoms with E-state index in [1.165, 1.54) is 39.9 Å². The number of sulfonamides is 1. The Hall–Kier alpha value is -3.01. The monoisotopic (exact) mass is 483 g/mol. The number of anilines is 1. The van der Waals surface area contributed by atoms with Crippen LogP contribution in [0.2, 0.25) is 0 Å². The van der Waals surface area contributed by atoms with Gasteiger partial charge in [0.2, 0.25) is 10.0 Å². The van der Waals surface area contributed by atoms with Gasteiger partial charge in [-0.05, 0) is 54.7 Å². The van der Waals surface area contributed by atoms with Crippen molar-refractivity contribution in [2.75, 3.05) is 18.4 Å². The summed E-state index contributed by atoms with van der Waals surface area (Å²) in [4.78, 5) is 25.7.